The van der Waals surface area contributed by atoms with Crippen molar-refractivity contribution in [3.8, 4) is 18.4 Å². The van der Waals surface area contributed by atoms with Gasteiger partial charge in [-0.05, 0) is 38.7 Å². The fourth-order valence-corrected chi connectivity index (χ4v) is 3.87. The maximum atomic E-state index is 12.9. The van der Waals surface area contributed by atoms with Crippen LogP contribution in [-0.4, -0.2) is 58.0 Å². The quantitative estimate of drug-likeness (QED) is 0.750. The number of nitriles is 1. The standard InChI is InChI=1S/C20H23F3N6O/c1-3-14-4-5-15(12-24)29(14)17(30)13-26-19(2)7-10-28(11-8-19)18-25-9-6-16(27-18)20(21,22)23/h1,6,9,14-15,26H,4-5,7-8,10-11,13H2,2H3/t14-,15?/m1/s1. The van der Waals surface area contributed by atoms with Crippen molar-refractivity contribution in [2.75, 3.05) is 24.5 Å². The number of alkyl halides is 3. The Morgan fingerprint density at radius 2 is 2.03 bits per heavy atom. The van der Waals surface area contributed by atoms with Crippen LogP contribution < -0.4 is 10.2 Å². The molecule has 1 amide bonds. The number of nitrogens with zero attached hydrogens (tertiary/aromatic N) is 5. The van der Waals surface area contributed by atoms with E-state index >= 15 is 0 Å². The lowest BCUT2D eigenvalue weighted by Gasteiger charge is -2.40. The number of carbonyl (C=O) groups is 1. The lowest BCUT2D eigenvalue weighted by atomic mass is 9.89. The zero-order valence-corrected chi connectivity index (χ0v) is 16.6. The summed E-state index contributed by atoms with van der Waals surface area (Å²) >= 11 is 0. The molecule has 2 fully saturated rings. The van der Waals surface area contributed by atoms with Gasteiger partial charge in [-0.1, -0.05) is 5.92 Å². The van der Waals surface area contributed by atoms with Crippen LogP contribution in [0, 0.1) is 23.7 Å². The number of halogens is 3. The van der Waals surface area contributed by atoms with Crippen LogP contribution in [-0.2, 0) is 11.0 Å². The molecule has 2 saturated heterocycles. The number of terminal acetylenes is 1. The number of hydrogen-bond acceptors (Lipinski definition) is 6. The van der Waals surface area contributed by atoms with Crippen LogP contribution in [0.15, 0.2) is 12.3 Å². The molecule has 10 heteroatoms. The van der Waals surface area contributed by atoms with Gasteiger partial charge in [-0.15, -0.1) is 6.42 Å². The number of likely N-dealkylation sites (tertiary alicyclic amines) is 1. The lowest BCUT2D eigenvalue weighted by Crippen LogP contribution is -2.55. The van der Waals surface area contributed by atoms with Gasteiger partial charge in [0.25, 0.3) is 0 Å². The molecule has 0 spiro atoms. The largest absolute Gasteiger partial charge is 0.433 e. The third-order valence-electron chi connectivity index (χ3n) is 5.76. The maximum Gasteiger partial charge on any atom is 0.433 e. The second-order valence-corrected chi connectivity index (χ2v) is 7.85. The number of carbonyl (C=O) groups excluding carboxylic acids is 1. The SMILES string of the molecule is C#C[C@@H]1CCC(C#N)N1C(=O)CNC1(C)CCN(c2nccc(C(F)(F)F)n2)CC1. The predicted molar refractivity (Wildman–Crippen MR) is 103 cm³/mol. The van der Waals surface area contributed by atoms with Gasteiger partial charge in [-0.25, -0.2) is 9.97 Å². The minimum atomic E-state index is -4.52. The molecule has 1 N–H and O–H groups in total. The summed E-state index contributed by atoms with van der Waals surface area (Å²) in [4.78, 5) is 23.5. The Hall–Kier alpha value is -2.85. The van der Waals surface area contributed by atoms with E-state index in [1.807, 2.05) is 6.92 Å². The fraction of sp³-hybridized carbons (Fsp3) is 0.600. The first-order chi connectivity index (χ1) is 14.2. The van der Waals surface area contributed by atoms with E-state index in [0.29, 0.717) is 38.8 Å². The Labute approximate surface area is 173 Å². The van der Waals surface area contributed by atoms with Crippen LogP contribution in [0.25, 0.3) is 0 Å². The van der Waals surface area contributed by atoms with E-state index < -0.39 is 17.9 Å². The highest BCUT2D eigenvalue weighted by Crippen LogP contribution is 2.30. The Morgan fingerprint density at radius 1 is 1.37 bits per heavy atom. The van der Waals surface area contributed by atoms with Gasteiger partial charge in [0.15, 0.2) is 0 Å². The average molecular weight is 420 g/mol. The predicted octanol–water partition coefficient (Wildman–Crippen LogP) is 1.96. The molecule has 2 aliphatic rings. The van der Waals surface area contributed by atoms with Gasteiger partial charge < -0.3 is 15.1 Å². The zero-order chi connectivity index (χ0) is 21.9. The summed E-state index contributed by atoms with van der Waals surface area (Å²) in [5, 5.41) is 12.5. The smallest absolute Gasteiger partial charge is 0.341 e. The van der Waals surface area contributed by atoms with E-state index in [0.717, 1.165) is 12.3 Å². The first kappa shape index (κ1) is 21.8. The topological polar surface area (TPSA) is 85.2 Å². The number of aromatic nitrogens is 2. The van der Waals surface area contributed by atoms with Crippen LogP contribution in [0.1, 0.15) is 38.3 Å². The highest BCUT2D eigenvalue weighted by molar-refractivity contribution is 5.80. The van der Waals surface area contributed by atoms with Crippen molar-refractivity contribution in [3.63, 3.8) is 0 Å². The Bertz CT molecular complexity index is 845. The fourth-order valence-electron chi connectivity index (χ4n) is 3.87. The van der Waals surface area contributed by atoms with Crippen LogP contribution in [0.5, 0.6) is 0 Å². The summed E-state index contributed by atoms with van der Waals surface area (Å²) < 4.78 is 38.6. The van der Waals surface area contributed by atoms with Crippen LogP contribution in [0.4, 0.5) is 19.1 Å². The van der Waals surface area contributed by atoms with Crippen molar-refractivity contribution in [1.29, 1.82) is 5.26 Å². The lowest BCUT2D eigenvalue weighted by molar-refractivity contribution is -0.141. The van der Waals surface area contributed by atoms with Gasteiger partial charge in [-0.3, -0.25) is 4.79 Å². The van der Waals surface area contributed by atoms with E-state index in [1.165, 1.54) is 4.90 Å². The van der Waals surface area contributed by atoms with Gasteiger partial charge >= 0.3 is 6.18 Å². The number of rotatable bonds is 4. The van der Waals surface area contributed by atoms with Crippen LogP contribution in [0.2, 0.25) is 0 Å². The van der Waals surface area contributed by atoms with Crippen molar-refractivity contribution in [1.82, 2.24) is 20.2 Å². The number of anilines is 1. The van der Waals surface area contributed by atoms with Crippen molar-refractivity contribution in [2.45, 2.75) is 56.4 Å². The first-order valence-electron chi connectivity index (χ1n) is 9.74. The Balaban J connectivity index is 1.57. The highest BCUT2D eigenvalue weighted by Gasteiger charge is 2.38. The second-order valence-electron chi connectivity index (χ2n) is 7.85. The molecule has 2 aliphatic heterocycles. The zero-order valence-electron chi connectivity index (χ0n) is 16.6. The number of nitrogens with one attached hydrogen (secondary N) is 1. The third-order valence-corrected chi connectivity index (χ3v) is 5.76. The van der Waals surface area contributed by atoms with Crippen molar-refractivity contribution < 1.29 is 18.0 Å². The highest BCUT2D eigenvalue weighted by atomic mass is 19.4. The molecule has 160 valence electrons. The minimum absolute atomic E-state index is 0.0485. The maximum absolute atomic E-state index is 12.9. The van der Waals surface area contributed by atoms with Crippen molar-refractivity contribution in [3.05, 3.63) is 18.0 Å². The molecule has 3 heterocycles. The van der Waals surface area contributed by atoms with E-state index in [2.05, 4.69) is 27.3 Å². The van der Waals surface area contributed by atoms with Gasteiger partial charge in [0.05, 0.1) is 18.7 Å². The van der Waals surface area contributed by atoms with Gasteiger partial charge in [-0.2, -0.15) is 18.4 Å². The molecule has 0 aliphatic carbocycles. The van der Waals surface area contributed by atoms with Gasteiger partial charge in [0.1, 0.15) is 11.7 Å². The molecule has 0 radical (unpaired) electrons. The Kier molecular flexibility index (Phi) is 6.18. The molecule has 0 saturated carbocycles. The summed E-state index contributed by atoms with van der Waals surface area (Å²) in [5.74, 6) is 2.41. The van der Waals surface area contributed by atoms with E-state index in [-0.39, 0.29) is 30.0 Å². The third kappa shape index (κ3) is 4.65. The minimum Gasteiger partial charge on any atom is -0.341 e. The molecule has 1 aromatic rings. The van der Waals surface area contributed by atoms with E-state index in [4.69, 9.17) is 6.42 Å². The summed E-state index contributed by atoms with van der Waals surface area (Å²) in [7, 11) is 0. The normalized spacial score (nSPS) is 23.7. The molecule has 1 unspecified atom stereocenters. The van der Waals surface area contributed by atoms with Crippen LogP contribution >= 0.6 is 0 Å². The van der Waals surface area contributed by atoms with Gasteiger partial charge in [0, 0.05) is 24.8 Å². The summed E-state index contributed by atoms with van der Waals surface area (Å²) in [6, 6.07) is 2.10. The number of amides is 1. The average Bonchev–Trinajstić information content (AvgIpc) is 3.15. The molecule has 3 rings (SSSR count). The molecule has 7 nitrogen and oxygen atoms in total. The molecule has 30 heavy (non-hydrogen) atoms. The first-order valence-corrected chi connectivity index (χ1v) is 9.74. The number of piperidine rings is 1. The molecule has 2 atom stereocenters. The molecule has 1 aromatic heterocycles. The summed E-state index contributed by atoms with van der Waals surface area (Å²) in [6.45, 7) is 2.93. The van der Waals surface area contributed by atoms with Crippen LogP contribution in [0.3, 0.4) is 0 Å². The molecule has 0 bridgehead atoms. The Morgan fingerprint density at radius 3 is 2.63 bits per heavy atom. The van der Waals surface area contributed by atoms with E-state index in [1.54, 1.807) is 4.90 Å². The number of hydrogen-bond donors (Lipinski definition) is 1. The summed E-state index contributed by atoms with van der Waals surface area (Å²) in [5.41, 5.74) is -1.34. The molecule has 0 aromatic carbocycles. The van der Waals surface area contributed by atoms with Crippen molar-refractivity contribution >= 4 is 11.9 Å². The van der Waals surface area contributed by atoms with Crippen molar-refractivity contribution in [2.24, 2.45) is 0 Å². The molecular formula is C20H23F3N6O. The van der Waals surface area contributed by atoms with E-state index in [9.17, 15) is 23.2 Å². The molecular weight excluding hydrogens is 397 g/mol. The second kappa shape index (κ2) is 8.49. The monoisotopic (exact) mass is 420 g/mol. The van der Waals surface area contributed by atoms with Gasteiger partial charge in [0.2, 0.25) is 11.9 Å². The summed E-state index contributed by atoms with van der Waals surface area (Å²) in [6.07, 6.45) is 4.46.